The Hall–Kier alpha value is -3.55. The van der Waals surface area contributed by atoms with Gasteiger partial charge in [-0.05, 0) is 54.4 Å². The molecule has 1 heteroatoms. The van der Waals surface area contributed by atoms with E-state index in [9.17, 15) is 0 Å². The third kappa shape index (κ3) is 3.81. The van der Waals surface area contributed by atoms with Gasteiger partial charge in [-0.25, -0.2) is 0 Å². The maximum absolute atomic E-state index is 2.55. The second-order valence-electron chi connectivity index (χ2n) is 10.6. The Kier molecular flexibility index (Phi) is 5.38. The number of hydrogen-bond donors (Lipinski definition) is 0. The molecule has 0 heterocycles. The van der Waals surface area contributed by atoms with Crippen LogP contribution in [0, 0.1) is 5.41 Å². The first kappa shape index (κ1) is 21.9. The van der Waals surface area contributed by atoms with Gasteiger partial charge in [-0.15, -0.1) is 0 Å². The Balaban J connectivity index is 1.63. The van der Waals surface area contributed by atoms with E-state index in [4.69, 9.17) is 0 Å². The van der Waals surface area contributed by atoms with Crippen molar-refractivity contribution >= 4 is 24.0 Å². The third-order valence-electron chi connectivity index (χ3n) is 7.29. The quantitative estimate of drug-likeness (QED) is 0.292. The second-order valence-corrected chi connectivity index (χ2v) is 13.1. The van der Waals surface area contributed by atoms with E-state index in [1.165, 1.54) is 48.9 Å². The molecule has 0 saturated heterocycles. The first-order chi connectivity index (χ1) is 17.0. The summed E-state index contributed by atoms with van der Waals surface area (Å²) in [5.74, 6) is 0.278. The zero-order valence-electron chi connectivity index (χ0n) is 20.6. The van der Waals surface area contributed by atoms with E-state index in [0.717, 1.165) is 0 Å². The number of rotatable bonds is 3. The average Bonchev–Trinajstić information content (AvgIpc) is 3.45. The van der Waals surface area contributed by atoms with Crippen molar-refractivity contribution in [2.24, 2.45) is 5.41 Å². The zero-order chi connectivity index (χ0) is 24.0. The molecule has 170 valence electrons. The third-order valence-corrected chi connectivity index (χ3v) is 9.98. The molecule has 0 fully saturated rings. The van der Waals surface area contributed by atoms with Gasteiger partial charge in [0.25, 0.3) is 0 Å². The summed E-state index contributed by atoms with van der Waals surface area (Å²) >= 11 is 0. The van der Waals surface area contributed by atoms with Gasteiger partial charge in [0.1, 0.15) is 0 Å². The monoisotopic (exact) mass is 466 g/mol. The Labute approximate surface area is 210 Å². The van der Waals surface area contributed by atoms with Crippen molar-refractivity contribution in [3.8, 4) is 11.1 Å². The van der Waals surface area contributed by atoms with Gasteiger partial charge in [-0.1, -0.05) is 142 Å². The van der Waals surface area contributed by atoms with E-state index in [2.05, 4.69) is 142 Å². The minimum absolute atomic E-state index is 0.0560. The van der Waals surface area contributed by atoms with Gasteiger partial charge < -0.3 is 0 Å². The number of hydrogen-bond acceptors (Lipinski definition) is 0. The minimum Gasteiger partial charge on any atom is -0.0623 e. The van der Waals surface area contributed by atoms with Crippen LogP contribution in [-0.4, -0.2) is 13.6 Å². The van der Waals surface area contributed by atoms with Crippen molar-refractivity contribution in [3.05, 3.63) is 144 Å². The van der Waals surface area contributed by atoms with Crippen LogP contribution >= 0.6 is 0 Å². The van der Waals surface area contributed by atoms with Crippen LogP contribution in [0.5, 0.6) is 0 Å². The van der Waals surface area contributed by atoms with Crippen LogP contribution in [0.25, 0.3) is 11.1 Å². The fourth-order valence-electron chi connectivity index (χ4n) is 5.76. The molecule has 0 N–H and O–H groups in total. The molecular weight excluding hydrogens is 436 g/mol. The van der Waals surface area contributed by atoms with Crippen molar-refractivity contribution < 1.29 is 0 Å². The molecule has 0 unspecified atom stereocenters. The molecule has 2 aliphatic carbocycles. The standard InChI is InChI=1S/C34H30Si/c1-34(2,3)32-23-26(35(24-14-6-4-7-15-24)25-16-8-5-9-17-25)22-31(32)33-29-20-12-10-18-27(29)28-19-11-13-21-30(28)33/h4-23,33H,1-3H3. The Morgan fingerprint density at radius 3 is 1.49 bits per heavy atom. The minimum atomic E-state index is -1.12. The van der Waals surface area contributed by atoms with Crippen molar-refractivity contribution in [1.82, 2.24) is 0 Å². The summed E-state index contributed by atoms with van der Waals surface area (Å²) in [5.41, 5.74) is 8.63. The lowest BCUT2D eigenvalue weighted by atomic mass is 9.76. The Morgan fingerprint density at radius 1 is 0.543 bits per heavy atom. The van der Waals surface area contributed by atoms with Crippen LogP contribution in [0.2, 0.25) is 0 Å². The normalized spacial score (nSPS) is 14.9. The molecule has 6 rings (SSSR count). The average molecular weight is 467 g/mol. The lowest BCUT2D eigenvalue weighted by molar-refractivity contribution is 0.507. The maximum Gasteiger partial charge on any atom is 0.0877 e. The predicted molar refractivity (Wildman–Crippen MR) is 152 cm³/mol. The van der Waals surface area contributed by atoms with Gasteiger partial charge >= 0.3 is 0 Å². The SMILES string of the molecule is CC(C)(C)C1=CC(=[Si](c2ccccc2)c2ccccc2)C=C1C1c2ccccc2-c2ccccc21. The molecule has 0 radical (unpaired) electrons. The molecular formula is C34H30Si. The fourth-order valence-corrected chi connectivity index (χ4v) is 8.40. The molecule has 0 aromatic heterocycles. The topological polar surface area (TPSA) is 0 Å². The van der Waals surface area contributed by atoms with Crippen LogP contribution in [0.15, 0.2) is 132 Å². The number of benzene rings is 4. The molecule has 0 amide bonds. The fraction of sp³-hybridized carbons (Fsp3) is 0.147. The van der Waals surface area contributed by atoms with E-state index in [0.29, 0.717) is 0 Å². The van der Waals surface area contributed by atoms with Gasteiger partial charge in [0.05, 0.1) is 8.41 Å². The van der Waals surface area contributed by atoms with Crippen molar-refractivity contribution in [3.63, 3.8) is 0 Å². The predicted octanol–water partition coefficient (Wildman–Crippen LogP) is 6.77. The first-order valence-electron chi connectivity index (χ1n) is 12.5. The van der Waals surface area contributed by atoms with Gasteiger partial charge in [0.15, 0.2) is 0 Å². The van der Waals surface area contributed by atoms with E-state index >= 15 is 0 Å². The summed E-state index contributed by atoms with van der Waals surface area (Å²) in [6, 6.07) is 40.2. The van der Waals surface area contributed by atoms with Crippen LogP contribution in [-0.2, 0) is 0 Å². The summed E-state index contributed by atoms with van der Waals surface area (Å²) in [6.45, 7) is 7.08. The largest absolute Gasteiger partial charge is 0.0877 e. The summed E-state index contributed by atoms with van der Waals surface area (Å²) in [5, 5.41) is 4.36. The molecule has 0 atom stereocenters. The van der Waals surface area contributed by atoms with E-state index in [-0.39, 0.29) is 11.3 Å². The molecule has 2 aliphatic rings. The molecule has 0 spiro atoms. The number of allylic oxidation sites excluding steroid dienone is 4. The first-order valence-corrected chi connectivity index (χ1v) is 14.0. The Morgan fingerprint density at radius 2 is 1.00 bits per heavy atom. The highest BCUT2D eigenvalue weighted by molar-refractivity contribution is 6.94. The second kappa shape index (κ2) is 8.59. The maximum atomic E-state index is 2.55. The highest BCUT2D eigenvalue weighted by Gasteiger charge is 2.37. The van der Waals surface area contributed by atoms with Crippen molar-refractivity contribution in [1.29, 1.82) is 0 Å². The van der Waals surface area contributed by atoms with E-state index < -0.39 is 8.41 Å². The molecule has 4 aromatic carbocycles. The summed E-state index contributed by atoms with van der Waals surface area (Å²) < 4.78 is 0. The smallest absolute Gasteiger partial charge is 0.0623 e. The molecule has 4 aromatic rings. The molecule has 35 heavy (non-hydrogen) atoms. The van der Waals surface area contributed by atoms with Crippen LogP contribution in [0.3, 0.4) is 0 Å². The molecule has 0 nitrogen and oxygen atoms in total. The van der Waals surface area contributed by atoms with Crippen LogP contribution in [0.1, 0.15) is 37.8 Å². The van der Waals surface area contributed by atoms with Crippen LogP contribution < -0.4 is 10.4 Å². The van der Waals surface area contributed by atoms with E-state index in [1.54, 1.807) is 0 Å². The van der Waals surface area contributed by atoms with Crippen LogP contribution in [0.4, 0.5) is 0 Å². The lowest BCUT2D eigenvalue weighted by Crippen LogP contribution is -2.39. The highest BCUT2D eigenvalue weighted by Crippen LogP contribution is 2.52. The molecule has 0 bridgehead atoms. The summed E-state index contributed by atoms with van der Waals surface area (Å²) in [6.07, 6.45) is 5.09. The van der Waals surface area contributed by atoms with Crippen molar-refractivity contribution in [2.45, 2.75) is 26.7 Å². The molecule has 0 aliphatic heterocycles. The van der Waals surface area contributed by atoms with Crippen molar-refractivity contribution in [2.75, 3.05) is 0 Å². The van der Waals surface area contributed by atoms with Gasteiger partial charge in [-0.2, -0.15) is 0 Å². The zero-order valence-corrected chi connectivity index (χ0v) is 21.6. The molecule has 0 saturated carbocycles. The summed E-state index contributed by atoms with van der Waals surface area (Å²) in [7, 11) is -1.12. The van der Waals surface area contributed by atoms with Gasteiger partial charge in [0.2, 0.25) is 0 Å². The number of fused-ring (bicyclic) bond motifs is 3. The van der Waals surface area contributed by atoms with Gasteiger partial charge in [0, 0.05) is 5.92 Å². The lowest BCUT2D eigenvalue weighted by Gasteiger charge is -2.27. The van der Waals surface area contributed by atoms with E-state index in [1.807, 2.05) is 0 Å². The summed E-state index contributed by atoms with van der Waals surface area (Å²) in [4.78, 5) is 0. The Bertz CT molecular complexity index is 1410. The highest BCUT2D eigenvalue weighted by atomic mass is 28.2. The van der Waals surface area contributed by atoms with Gasteiger partial charge in [-0.3, -0.25) is 0 Å².